The van der Waals surface area contributed by atoms with Crippen molar-refractivity contribution in [1.29, 1.82) is 0 Å². The van der Waals surface area contributed by atoms with Gasteiger partial charge in [-0.15, -0.1) is 11.8 Å². The molecule has 0 spiro atoms. The Labute approximate surface area is 194 Å². The van der Waals surface area contributed by atoms with Gasteiger partial charge in [-0.2, -0.15) is 0 Å². The second-order valence-electron chi connectivity index (χ2n) is 7.29. The Kier molecular flexibility index (Phi) is 6.76. The number of hydrogen-bond acceptors (Lipinski definition) is 6. The van der Waals surface area contributed by atoms with E-state index in [1.54, 1.807) is 47.1 Å². The molecule has 0 aliphatic carbocycles. The van der Waals surface area contributed by atoms with Gasteiger partial charge in [0, 0.05) is 37.0 Å². The molecule has 2 aromatic rings. The zero-order valence-corrected chi connectivity index (χ0v) is 19.0. The van der Waals surface area contributed by atoms with E-state index in [4.69, 9.17) is 20.8 Å². The summed E-state index contributed by atoms with van der Waals surface area (Å²) in [6.07, 6.45) is 1.46. The molecule has 10 heteroatoms. The monoisotopic (exact) mass is 475 g/mol. The quantitative estimate of drug-likeness (QED) is 0.728. The second-order valence-corrected chi connectivity index (χ2v) is 8.83. The van der Waals surface area contributed by atoms with E-state index in [1.165, 1.54) is 18.0 Å². The van der Waals surface area contributed by atoms with Gasteiger partial charge < -0.3 is 24.3 Å². The molecule has 1 N–H and O–H groups in total. The number of nitrogens with one attached hydrogen (secondary N) is 1. The van der Waals surface area contributed by atoms with Crippen molar-refractivity contribution in [2.24, 2.45) is 0 Å². The van der Waals surface area contributed by atoms with Gasteiger partial charge in [-0.1, -0.05) is 11.6 Å². The lowest BCUT2D eigenvalue weighted by molar-refractivity contribution is -0.112. The van der Waals surface area contributed by atoms with Crippen LogP contribution in [-0.4, -0.2) is 66.1 Å². The minimum absolute atomic E-state index is 0.200. The number of thioether (sulfide) groups is 1. The maximum atomic E-state index is 13.3. The van der Waals surface area contributed by atoms with Gasteiger partial charge in [0.15, 0.2) is 5.76 Å². The van der Waals surface area contributed by atoms with E-state index in [-0.39, 0.29) is 23.5 Å². The number of rotatable bonds is 4. The van der Waals surface area contributed by atoms with Crippen LogP contribution in [0.15, 0.2) is 51.7 Å². The summed E-state index contributed by atoms with van der Waals surface area (Å²) >= 11 is 7.57. The number of halogens is 1. The molecule has 0 unspecified atom stereocenters. The highest BCUT2D eigenvalue weighted by molar-refractivity contribution is 8.04. The Balaban J connectivity index is 1.46. The fourth-order valence-electron chi connectivity index (χ4n) is 3.55. The molecule has 8 nitrogen and oxygen atoms in total. The number of carbonyl (C=O) groups is 3. The molecule has 0 radical (unpaired) electrons. The highest BCUT2D eigenvalue weighted by Gasteiger charge is 2.28. The molecule has 2 aliphatic heterocycles. The van der Waals surface area contributed by atoms with Gasteiger partial charge in [0.2, 0.25) is 0 Å². The predicted octanol–water partition coefficient (Wildman–Crippen LogP) is 3.46. The summed E-state index contributed by atoms with van der Waals surface area (Å²) < 4.78 is 10.6. The Morgan fingerprint density at radius 3 is 2.44 bits per heavy atom. The number of piperazine rings is 1. The molecule has 1 aromatic carbocycles. The van der Waals surface area contributed by atoms with Gasteiger partial charge in [-0.05, 0) is 37.3 Å². The normalized spacial score (nSPS) is 16.6. The summed E-state index contributed by atoms with van der Waals surface area (Å²) in [6.45, 7) is 3.80. The van der Waals surface area contributed by atoms with Crippen molar-refractivity contribution >= 4 is 46.8 Å². The van der Waals surface area contributed by atoms with E-state index in [0.29, 0.717) is 65.5 Å². The van der Waals surface area contributed by atoms with E-state index in [9.17, 15) is 14.4 Å². The van der Waals surface area contributed by atoms with Gasteiger partial charge in [0.05, 0.1) is 24.1 Å². The first-order valence-electron chi connectivity index (χ1n) is 10.1. The van der Waals surface area contributed by atoms with Gasteiger partial charge >= 0.3 is 0 Å². The fraction of sp³-hybridized carbons (Fsp3) is 0.318. The molecule has 2 aliphatic rings. The van der Waals surface area contributed by atoms with Crippen LogP contribution in [0.5, 0.6) is 0 Å². The van der Waals surface area contributed by atoms with E-state index in [0.717, 1.165) is 0 Å². The number of amides is 3. The van der Waals surface area contributed by atoms with Crippen LogP contribution in [-0.2, 0) is 9.53 Å². The van der Waals surface area contributed by atoms with Crippen molar-refractivity contribution < 1.29 is 23.5 Å². The largest absolute Gasteiger partial charge is 0.496 e. The third kappa shape index (κ3) is 4.78. The van der Waals surface area contributed by atoms with Crippen LogP contribution < -0.4 is 5.32 Å². The van der Waals surface area contributed by atoms with Crippen LogP contribution in [0.4, 0.5) is 5.69 Å². The molecular weight excluding hydrogens is 454 g/mol. The Hall–Kier alpha value is -2.91. The molecule has 0 atom stereocenters. The Bertz CT molecular complexity index is 1060. The minimum Gasteiger partial charge on any atom is -0.496 e. The molecular formula is C22H22ClN3O5S. The molecule has 3 heterocycles. The van der Waals surface area contributed by atoms with Gasteiger partial charge in [0.25, 0.3) is 17.7 Å². The fourth-order valence-corrected chi connectivity index (χ4v) is 4.54. The van der Waals surface area contributed by atoms with Crippen molar-refractivity contribution in [3.8, 4) is 0 Å². The molecule has 1 aromatic heterocycles. The van der Waals surface area contributed by atoms with Crippen molar-refractivity contribution in [3.05, 3.63) is 63.6 Å². The van der Waals surface area contributed by atoms with Gasteiger partial charge in [-0.3, -0.25) is 14.4 Å². The van der Waals surface area contributed by atoms with Crippen molar-refractivity contribution in [1.82, 2.24) is 9.80 Å². The second kappa shape index (κ2) is 9.70. The number of ether oxygens (including phenoxy) is 1. The van der Waals surface area contributed by atoms with Crippen LogP contribution in [0.25, 0.3) is 0 Å². The van der Waals surface area contributed by atoms with E-state index in [1.807, 2.05) is 0 Å². The first-order valence-corrected chi connectivity index (χ1v) is 11.5. The summed E-state index contributed by atoms with van der Waals surface area (Å²) in [5.41, 5.74) is 0.682. The molecule has 1 saturated heterocycles. The zero-order valence-electron chi connectivity index (χ0n) is 17.4. The van der Waals surface area contributed by atoms with E-state index < -0.39 is 0 Å². The van der Waals surface area contributed by atoms with Crippen LogP contribution in [0.3, 0.4) is 0 Å². The molecule has 3 amide bonds. The lowest BCUT2D eigenvalue weighted by atomic mass is 10.1. The molecule has 1 fully saturated rings. The lowest BCUT2D eigenvalue weighted by Crippen LogP contribution is -2.50. The summed E-state index contributed by atoms with van der Waals surface area (Å²) in [4.78, 5) is 42.3. The number of anilines is 1. The third-order valence-electron chi connectivity index (χ3n) is 5.22. The number of nitrogens with zero attached hydrogens (tertiary/aromatic N) is 2. The maximum absolute atomic E-state index is 13.3. The molecule has 4 rings (SSSR count). The summed E-state index contributed by atoms with van der Waals surface area (Å²) in [5, 5.41) is 3.22. The average Bonchev–Trinajstić information content (AvgIpc) is 3.34. The molecule has 32 heavy (non-hydrogen) atoms. The van der Waals surface area contributed by atoms with Gasteiger partial charge in [-0.25, -0.2) is 0 Å². The van der Waals surface area contributed by atoms with Gasteiger partial charge in [0.1, 0.15) is 10.7 Å². The number of hydrogen-bond donors (Lipinski definition) is 1. The molecule has 0 bridgehead atoms. The van der Waals surface area contributed by atoms with Crippen LogP contribution in [0, 0.1) is 0 Å². The smallest absolute Gasteiger partial charge is 0.289 e. The standard InChI is InChI=1S/C22H22ClN3O5S/c1-14-19(32-12-11-30-14)20(27)24-17-5-4-15(23)13-16(17)21(28)25-6-8-26(9-7-25)22(29)18-3-2-10-31-18/h2-5,10,13H,6-9,11-12H2,1H3,(H,24,27). The van der Waals surface area contributed by atoms with Crippen LogP contribution >= 0.6 is 23.4 Å². The summed E-state index contributed by atoms with van der Waals surface area (Å²) in [7, 11) is 0. The van der Waals surface area contributed by atoms with E-state index >= 15 is 0 Å². The molecule has 0 saturated carbocycles. The highest BCUT2D eigenvalue weighted by atomic mass is 35.5. The van der Waals surface area contributed by atoms with Crippen molar-refractivity contribution in [2.75, 3.05) is 43.9 Å². The van der Waals surface area contributed by atoms with Crippen LogP contribution in [0.1, 0.15) is 27.8 Å². The maximum Gasteiger partial charge on any atom is 0.289 e. The number of furan rings is 1. The lowest BCUT2D eigenvalue weighted by Gasteiger charge is -2.34. The zero-order chi connectivity index (χ0) is 22.7. The first kappa shape index (κ1) is 22.3. The summed E-state index contributed by atoms with van der Waals surface area (Å²) in [5.74, 6) is 0.752. The van der Waals surface area contributed by atoms with Crippen molar-refractivity contribution in [3.63, 3.8) is 0 Å². The highest BCUT2D eigenvalue weighted by Crippen LogP contribution is 2.29. The topological polar surface area (TPSA) is 92.1 Å². The molecule has 168 valence electrons. The van der Waals surface area contributed by atoms with Crippen molar-refractivity contribution in [2.45, 2.75) is 6.92 Å². The van der Waals surface area contributed by atoms with E-state index in [2.05, 4.69) is 5.32 Å². The SMILES string of the molecule is CC1=C(C(=O)Nc2ccc(Cl)cc2C(=O)N2CCN(C(=O)c3ccco3)CC2)SCCO1. The minimum atomic E-state index is -0.322. The predicted molar refractivity (Wildman–Crippen MR) is 122 cm³/mol. The Morgan fingerprint density at radius 1 is 1.06 bits per heavy atom. The summed E-state index contributed by atoms with van der Waals surface area (Å²) in [6, 6.07) is 8.07. The number of carbonyl (C=O) groups excluding carboxylic acids is 3. The number of benzene rings is 1. The Morgan fingerprint density at radius 2 is 1.78 bits per heavy atom. The first-order chi connectivity index (χ1) is 15.4. The third-order valence-corrected chi connectivity index (χ3v) is 6.59. The van der Waals surface area contributed by atoms with Crippen LogP contribution in [0.2, 0.25) is 5.02 Å². The average molecular weight is 476 g/mol. The number of allylic oxidation sites excluding steroid dienone is 1.